The Kier molecular flexibility index (Phi) is 6.14. The molecule has 1 aromatic rings. The molecule has 110 valence electrons. The van der Waals surface area contributed by atoms with Gasteiger partial charge >= 0.3 is 0 Å². The van der Waals surface area contributed by atoms with Crippen LogP contribution in [0.3, 0.4) is 0 Å². The fraction of sp³-hybridized carbons (Fsp3) is 0.500. The van der Waals surface area contributed by atoms with Gasteiger partial charge in [0.15, 0.2) is 0 Å². The van der Waals surface area contributed by atoms with Gasteiger partial charge in [0.2, 0.25) is 5.91 Å². The van der Waals surface area contributed by atoms with Crippen molar-refractivity contribution in [1.82, 2.24) is 0 Å². The second kappa shape index (κ2) is 7.39. The van der Waals surface area contributed by atoms with E-state index in [1.807, 2.05) is 19.1 Å². The van der Waals surface area contributed by atoms with Gasteiger partial charge < -0.3 is 11.1 Å². The fourth-order valence-electron chi connectivity index (χ4n) is 1.85. The van der Waals surface area contributed by atoms with Crippen molar-refractivity contribution in [1.29, 1.82) is 0 Å². The monoisotopic (exact) mass is 292 g/mol. The maximum absolute atomic E-state index is 12.3. The van der Waals surface area contributed by atoms with E-state index in [0.29, 0.717) is 6.42 Å². The molecule has 1 amide bonds. The van der Waals surface area contributed by atoms with Gasteiger partial charge in [-0.05, 0) is 43.9 Å². The van der Waals surface area contributed by atoms with Crippen LogP contribution in [0.5, 0.6) is 0 Å². The highest BCUT2D eigenvalue weighted by atomic mass is 32.1. The number of nitrogens with two attached hydrogens (primary N) is 1. The first kappa shape index (κ1) is 16.6. The summed E-state index contributed by atoms with van der Waals surface area (Å²) in [5.41, 5.74) is 6.96. The van der Waals surface area contributed by atoms with Crippen LogP contribution in [-0.2, 0) is 11.2 Å². The van der Waals surface area contributed by atoms with Crippen LogP contribution in [0.2, 0.25) is 0 Å². The molecular formula is C16H24N2OS. The number of nitrogens with one attached hydrogen (secondary N) is 1. The van der Waals surface area contributed by atoms with Crippen molar-refractivity contribution in [3.8, 4) is 0 Å². The van der Waals surface area contributed by atoms with E-state index in [0.717, 1.165) is 12.1 Å². The molecular weight excluding hydrogens is 268 g/mol. The molecule has 0 saturated heterocycles. The van der Waals surface area contributed by atoms with E-state index >= 15 is 0 Å². The summed E-state index contributed by atoms with van der Waals surface area (Å²) in [5.74, 6) is -0.145. The first-order valence-electron chi connectivity index (χ1n) is 7.14. The first-order chi connectivity index (χ1) is 9.43. The molecule has 0 bridgehead atoms. The SMILES string of the molecule is CCCCc1ccc(NC(=O)C(C)(CC)C(N)=S)cc1. The molecule has 0 heterocycles. The Bertz CT molecular complexity index is 470. The molecule has 0 aliphatic rings. The average molecular weight is 292 g/mol. The molecule has 0 saturated carbocycles. The predicted molar refractivity (Wildman–Crippen MR) is 88.9 cm³/mol. The van der Waals surface area contributed by atoms with Gasteiger partial charge in [0.05, 0.1) is 10.4 Å². The van der Waals surface area contributed by atoms with Crippen molar-refractivity contribution in [2.45, 2.75) is 46.5 Å². The third-order valence-corrected chi connectivity index (χ3v) is 4.23. The standard InChI is InChI=1S/C16H24N2OS/c1-4-6-7-12-8-10-13(11-9-12)18-15(19)16(3,5-2)14(17)20/h8-11H,4-7H2,1-3H3,(H2,17,20)(H,18,19). The zero-order valence-corrected chi connectivity index (χ0v) is 13.3. The number of carbonyl (C=O) groups excluding carboxylic acids is 1. The van der Waals surface area contributed by atoms with Gasteiger partial charge in [-0.25, -0.2) is 0 Å². The Morgan fingerprint density at radius 1 is 1.30 bits per heavy atom. The number of amides is 1. The highest BCUT2D eigenvalue weighted by Gasteiger charge is 2.34. The summed E-state index contributed by atoms with van der Waals surface area (Å²) in [6, 6.07) is 7.96. The molecule has 0 fully saturated rings. The summed E-state index contributed by atoms with van der Waals surface area (Å²) >= 11 is 5.01. The average Bonchev–Trinajstić information content (AvgIpc) is 2.45. The van der Waals surface area contributed by atoms with Crippen LogP contribution in [0.1, 0.15) is 45.6 Å². The molecule has 0 aliphatic heterocycles. The Hall–Kier alpha value is -1.42. The predicted octanol–water partition coefficient (Wildman–Crippen LogP) is 3.67. The van der Waals surface area contributed by atoms with Crippen LogP contribution >= 0.6 is 12.2 Å². The summed E-state index contributed by atoms with van der Waals surface area (Å²) in [4.78, 5) is 12.5. The highest BCUT2D eigenvalue weighted by Crippen LogP contribution is 2.24. The zero-order chi connectivity index (χ0) is 15.2. The van der Waals surface area contributed by atoms with Crippen molar-refractivity contribution < 1.29 is 4.79 Å². The second-order valence-electron chi connectivity index (χ2n) is 5.30. The third-order valence-electron chi connectivity index (χ3n) is 3.78. The van der Waals surface area contributed by atoms with Crippen LogP contribution in [0.15, 0.2) is 24.3 Å². The lowest BCUT2D eigenvalue weighted by atomic mass is 9.86. The molecule has 3 N–H and O–H groups in total. The van der Waals surface area contributed by atoms with Crippen LogP contribution in [-0.4, -0.2) is 10.9 Å². The van der Waals surface area contributed by atoms with Crippen LogP contribution in [0.4, 0.5) is 5.69 Å². The van der Waals surface area contributed by atoms with Gasteiger partial charge in [-0.2, -0.15) is 0 Å². The number of hydrogen-bond donors (Lipinski definition) is 2. The molecule has 1 rings (SSSR count). The van der Waals surface area contributed by atoms with E-state index in [-0.39, 0.29) is 10.9 Å². The van der Waals surface area contributed by atoms with E-state index < -0.39 is 5.41 Å². The fourth-order valence-corrected chi connectivity index (χ4v) is 2.09. The van der Waals surface area contributed by atoms with Crippen LogP contribution < -0.4 is 11.1 Å². The van der Waals surface area contributed by atoms with Gasteiger partial charge in [0, 0.05) is 5.69 Å². The largest absolute Gasteiger partial charge is 0.392 e. The summed E-state index contributed by atoms with van der Waals surface area (Å²) in [7, 11) is 0. The highest BCUT2D eigenvalue weighted by molar-refractivity contribution is 7.80. The van der Waals surface area contributed by atoms with Crippen molar-refractivity contribution in [3.63, 3.8) is 0 Å². The third kappa shape index (κ3) is 4.04. The van der Waals surface area contributed by atoms with E-state index in [1.165, 1.54) is 18.4 Å². The Balaban J connectivity index is 2.73. The lowest BCUT2D eigenvalue weighted by molar-refractivity contribution is -0.121. The van der Waals surface area contributed by atoms with E-state index in [2.05, 4.69) is 24.4 Å². The van der Waals surface area contributed by atoms with E-state index in [4.69, 9.17) is 18.0 Å². The number of carbonyl (C=O) groups is 1. The molecule has 1 unspecified atom stereocenters. The molecule has 1 atom stereocenters. The number of rotatable bonds is 7. The maximum atomic E-state index is 12.3. The molecule has 3 nitrogen and oxygen atoms in total. The number of thiocarbonyl (C=S) groups is 1. The van der Waals surface area contributed by atoms with Crippen molar-refractivity contribution in [2.24, 2.45) is 11.1 Å². The second-order valence-corrected chi connectivity index (χ2v) is 5.74. The zero-order valence-electron chi connectivity index (χ0n) is 12.5. The lowest BCUT2D eigenvalue weighted by Crippen LogP contribution is -2.43. The minimum atomic E-state index is -0.795. The molecule has 1 aromatic carbocycles. The summed E-state index contributed by atoms with van der Waals surface area (Å²) in [6.07, 6.45) is 4.02. The first-order valence-corrected chi connectivity index (χ1v) is 7.55. The van der Waals surface area contributed by atoms with E-state index in [9.17, 15) is 4.79 Å². The lowest BCUT2D eigenvalue weighted by Gasteiger charge is -2.25. The Morgan fingerprint density at radius 3 is 2.35 bits per heavy atom. The quantitative estimate of drug-likeness (QED) is 0.754. The molecule has 0 aliphatic carbocycles. The van der Waals surface area contributed by atoms with Crippen LogP contribution in [0.25, 0.3) is 0 Å². The van der Waals surface area contributed by atoms with Gasteiger partial charge in [0.1, 0.15) is 0 Å². The molecule has 20 heavy (non-hydrogen) atoms. The van der Waals surface area contributed by atoms with Gasteiger partial charge in [-0.1, -0.05) is 44.6 Å². The molecule has 0 spiro atoms. The number of unbranched alkanes of at least 4 members (excludes halogenated alkanes) is 1. The minimum Gasteiger partial charge on any atom is -0.392 e. The Labute approximate surface area is 126 Å². The van der Waals surface area contributed by atoms with Gasteiger partial charge in [-0.3, -0.25) is 4.79 Å². The topological polar surface area (TPSA) is 55.1 Å². The summed E-state index contributed by atoms with van der Waals surface area (Å²) in [6.45, 7) is 5.86. The summed E-state index contributed by atoms with van der Waals surface area (Å²) < 4.78 is 0. The van der Waals surface area contributed by atoms with Crippen molar-refractivity contribution >= 4 is 28.8 Å². The Morgan fingerprint density at radius 2 is 1.90 bits per heavy atom. The van der Waals surface area contributed by atoms with Crippen molar-refractivity contribution in [3.05, 3.63) is 29.8 Å². The maximum Gasteiger partial charge on any atom is 0.237 e. The number of anilines is 1. The number of hydrogen-bond acceptors (Lipinski definition) is 2. The smallest absolute Gasteiger partial charge is 0.237 e. The number of benzene rings is 1. The normalized spacial score (nSPS) is 13.6. The minimum absolute atomic E-state index is 0.145. The molecule has 0 aromatic heterocycles. The molecule has 0 radical (unpaired) electrons. The summed E-state index contributed by atoms with van der Waals surface area (Å²) in [5, 5.41) is 2.89. The number of aryl methyl sites for hydroxylation is 1. The van der Waals surface area contributed by atoms with Crippen molar-refractivity contribution in [2.75, 3.05) is 5.32 Å². The van der Waals surface area contributed by atoms with Gasteiger partial charge in [-0.15, -0.1) is 0 Å². The van der Waals surface area contributed by atoms with Gasteiger partial charge in [0.25, 0.3) is 0 Å². The molecule has 4 heteroatoms. The van der Waals surface area contributed by atoms with E-state index in [1.54, 1.807) is 6.92 Å². The van der Waals surface area contributed by atoms with Crippen LogP contribution in [0, 0.1) is 5.41 Å².